The maximum absolute atomic E-state index is 13.3. The summed E-state index contributed by atoms with van der Waals surface area (Å²) >= 11 is 3.17. The summed E-state index contributed by atoms with van der Waals surface area (Å²) in [7, 11) is 0. The molecule has 0 N–H and O–H groups in total. The standard InChI is InChI=1S/C11H10BrFO2/c1-2-9(14)10(13)11(15)7-4-3-5-8(12)6-7/h3-6,10H,2H2,1H3. The van der Waals surface area contributed by atoms with Crippen LogP contribution < -0.4 is 0 Å². The van der Waals surface area contributed by atoms with Crippen molar-refractivity contribution in [2.75, 3.05) is 0 Å². The van der Waals surface area contributed by atoms with Crippen LogP contribution in [-0.2, 0) is 4.79 Å². The zero-order chi connectivity index (χ0) is 11.4. The molecule has 1 atom stereocenters. The Morgan fingerprint density at radius 1 is 1.47 bits per heavy atom. The predicted molar refractivity (Wildman–Crippen MR) is 58.7 cm³/mol. The van der Waals surface area contributed by atoms with Crippen molar-refractivity contribution in [3.63, 3.8) is 0 Å². The second kappa shape index (κ2) is 5.16. The highest BCUT2D eigenvalue weighted by Gasteiger charge is 2.25. The molecule has 2 nitrogen and oxygen atoms in total. The molecule has 1 unspecified atom stereocenters. The highest BCUT2D eigenvalue weighted by molar-refractivity contribution is 9.10. The average Bonchev–Trinajstić information content (AvgIpc) is 2.26. The van der Waals surface area contributed by atoms with Crippen LogP contribution in [0.1, 0.15) is 23.7 Å². The summed E-state index contributed by atoms with van der Waals surface area (Å²) < 4.78 is 14.0. The van der Waals surface area contributed by atoms with Gasteiger partial charge in [-0.1, -0.05) is 35.0 Å². The quantitative estimate of drug-likeness (QED) is 0.624. The van der Waals surface area contributed by atoms with E-state index in [0.29, 0.717) is 4.47 Å². The van der Waals surface area contributed by atoms with Crippen LogP contribution in [0.15, 0.2) is 28.7 Å². The molecular formula is C11H10BrFO2. The van der Waals surface area contributed by atoms with Crippen molar-refractivity contribution in [2.24, 2.45) is 0 Å². The van der Waals surface area contributed by atoms with Crippen molar-refractivity contribution in [1.82, 2.24) is 0 Å². The smallest absolute Gasteiger partial charge is 0.220 e. The number of benzene rings is 1. The third-order valence-corrected chi connectivity index (χ3v) is 2.46. The minimum absolute atomic E-state index is 0.0287. The molecule has 0 aromatic heterocycles. The van der Waals surface area contributed by atoms with E-state index < -0.39 is 17.7 Å². The number of ketones is 2. The monoisotopic (exact) mass is 272 g/mol. The Balaban J connectivity index is 2.90. The van der Waals surface area contributed by atoms with Crippen molar-refractivity contribution in [1.29, 1.82) is 0 Å². The van der Waals surface area contributed by atoms with Crippen molar-refractivity contribution in [3.8, 4) is 0 Å². The van der Waals surface area contributed by atoms with Crippen LogP contribution in [-0.4, -0.2) is 17.7 Å². The van der Waals surface area contributed by atoms with Gasteiger partial charge in [0.15, 0.2) is 5.78 Å². The molecular weight excluding hydrogens is 263 g/mol. The molecule has 4 heteroatoms. The first kappa shape index (κ1) is 12.0. The van der Waals surface area contributed by atoms with E-state index in [1.807, 2.05) is 0 Å². The topological polar surface area (TPSA) is 34.1 Å². The van der Waals surface area contributed by atoms with Crippen molar-refractivity contribution in [3.05, 3.63) is 34.3 Å². The Hall–Kier alpha value is -1.03. The maximum atomic E-state index is 13.3. The molecule has 1 rings (SSSR count). The minimum atomic E-state index is -2.04. The molecule has 0 amide bonds. The lowest BCUT2D eigenvalue weighted by atomic mass is 10.0. The molecule has 0 aliphatic rings. The molecule has 15 heavy (non-hydrogen) atoms. The van der Waals surface area contributed by atoms with E-state index in [9.17, 15) is 14.0 Å². The minimum Gasteiger partial charge on any atom is -0.296 e. The van der Waals surface area contributed by atoms with E-state index >= 15 is 0 Å². The lowest BCUT2D eigenvalue weighted by Gasteiger charge is -2.05. The van der Waals surface area contributed by atoms with Gasteiger partial charge in [0, 0.05) is 16.5 Å². The number of carbonyl (C=O) groups excluding carboxylic acids is 2. The normalized spacial score (nSPS) is 12.2. The van der Waals surface area contributed by atoms with Crippen LogP contribution in [0, 0.1) is 0 Å². The molecule has 0 heterocycles. The van der Waals surface area contributed by atoms with E-state index in [4.69, 9.17) is 0 Å². The van der Waals surface area contributed by atoms with Gasteiger partial charge in [-0.25, -0.2) is 4.39 Å². The summed E-state index contributed by atoms with van der Waals surface area (Å²) in [6, 6.07) is 6.34. The van der Waals surface area contributed by atoms with Gasteiger partial charge < -0.3 is 0 Å². The zero-order valence-corrected chi connectivity index (χ0v) is 9.75. The number of halogens is 2. The van der Waals surface area contributed by atoms with Crippen molar-refractivity contribution in [2.45, 2.75) is 19.5 Å². The molecule has 80 valence electrons. The predicted octanol–water partition coefficient (Wildman–Crippen LogP) is 2.95. The fourth-order valence-electron chi connectivity index (χ4n) is 1.11. The summed E-state index contributed by atoms with van der Waals surface area (Å²) in [5.41, 5.74) is 0.207. The van der Waals surface area contributed by atoms with Gasteiger partial charge in [0.2, 0.25) is 12.0 Å². The first-order valence-electron chi connectivity index (χ1n) is 4.52. The van der Waals surface area contributed by atoms with Gasteiger partial charge in [0.25, 0.3) is 0 Å². The van der Waals surface area contributed by atoms with E-state index in [1.165, 1.54) is 19.1 Å². The van der Waals surface area contributed by atoms with Gasteiger partial charge in [0.1, 0.15) is 0 Å². The Bertz CT molecular complexity index is 390. The van der Waals surface area contributed by atoms with Crippen LogP contribution in [0.5, 0.6) is 0 Å². The summed E-state index contributed by atoms with van der Waals surface area (Å²) in [4.78, 5) is 22.5. The van der Waals surface area contributed by atoms with Gasteiger partial charge >= 0.3 is 0 Å². The van der Waals surface area contributed by atoms with Crippen LogP contribution >= 0.6 is 15.9 Å². The molecule has 0 saturated heterocycles. The molecule has 1 aromatic rings. The Kier molecular flexibility index (Phi) is 4.15. The molecule has 0 fully saturated rings. The molecule has 0 aliphatic carbocycles. The van der Waals surface area contributed by atoms with Gasteiger partial charge in [-0.15, -0.1) is 0 Å². The number of Topliss-reactive ketones (excluding diaryl/α,β-unsaturated/α-hetero) is 2. The number of rotatable bonds is 4. The third kappa shape index (κ3) is 2.96. The first-order valence-corrected chi connectivity index (χ1v) is 5.32. The SMILES string of the molecule is CCC(=O)C(F)C(=O)c1cccc(Br)c1. The molecule has 1 aromatic carbocycles. The fraction of sp³-hybridized carbons (Fsp3) is 0.273. The Labute approximate surface area is 95.6 Å². The summed E-state index contributed by atoms with van der Waals surface area (Å²) in [6.45, 7) is 1.53. The summed E-state index contributed by atoms with van der Waals surface area (Å²) in [5.74, 6) is -1.46. The van der Waals surface area contributed by atoms with Crippen LogP contribution in [0.2, 0.25) is 0 Å². The van der Waals surface area contributed by atoms with E-state index in [-0.39, 0.29) is 12.0 Å². The van der Waals surface area contributed by atoms with E-state index in [1.54, 1.807) is 12.1 Å². The highest BCUT2D eigenvalue weighted by atomic mass is 79.9. The van der Waals surface area contributed by atoms with Gasteiger partial charge in [-0.05, 0) is 12.1 Å². The zero-order valence-electron chi connectivity index (χ0n) is 8.17. The highest BCUT2D eigenvalue weighted by Crippen LogP contribution is 2.15. The molecule has 0 radical (unpaired) electrons. The molecule has 0 saturated carbocycles. The lowest BCUT2D eigenvalue weighted by molar-refractivity contribution is -0.121. The number of hydrogen-bond acceptors (Lipinski definition) is 2. The van der Waals surface area contributed by atoms with Crippen molar-refractivity contribution >= 4 is 27.5 Å². The van der Waals surface area contributed by atoms with Gasteiger partial charge in [-0.3, -0.25) is 9.59 Å². The van der Waals surface area contributed by atoms with Crippen molar-refractivity contribution < 1.29 is 14.0 Å². The van der Waals surface area contributed by atoms with Gasteiger partial charge in [0.05, 0.1) is 0 Å². The largest absolute Gasteiger partial charge is 0.296 e. The second-order valence-corrected chi connectivity index (χ2v) is 3.97. The summed E-state index contributed by atoms with van der Waals surface area (Å²) in [6.07, 6.45) is -2.01. The Morgan fingerprint density at radius 2 is 2.13 bits per heavy atom. The van der Waals surface area contributed by atoms with E-state index in [0.717, 1.165) is 0 Å². The number of alkyl halides is 1. The lowest BCUT2D eigenvalue weighted by Crippen LogP contribution is -2.25. The first-order chi connectivity index (χ1) is 7.06. The maximum Gasteiger partial charge on any atom is 0.220 e. The molecule has 0 bridgehead atoms. The van der Waals surface area contributed by atoms with Crippen LogP contribution in [0.3, 0.4) is 0 Å². The Morgan fingerprint density at radius 3 is 2.67 bits per heavy atom. The van der Waals surface area contributed by atoms with E-state index in [2.05, 4.69) is 15.9 Å². The molecule has 0 aliphatic heterocycles. The van der Waals surface area contributed by atoms with Gasteiger partial charge in [-0.2, -0.15) is 0 Å². The average molecular weight is 273 g/mol. The fourth-order valence-corrected chi connectivity index (χ4v) is 1.51. The van der Waals surface area contributed by atoms with Crippen LogP contribution in [0.4, 0.5) is 4.39 Å². The molecule has 0 spiro atoms. The van der Waals surface area contributed by atoms with Crippen LogP contribution in [0.25, 0.3) is 0 Å². The third-order valence-electron chi connectivity index (χ3n) is 1.97. The second-order valence-electron chi connectivity index (χ2n) is 3.06. The summed E-state index contributed by atoms with van der Waals surface area (Å²) in [5, 5.41) is 0. The number of carbonyl (C=O) groups is 2. The number of hydrogen-bond donors (Lipinski definition) is 0.